The van der Waals surface area contributed by atoms with Crippen molar-refractivity contribution < 1.29 is 9.53 Å². The molecule has 7 heteroatoms. The molecule has 7 nitrogen and oxygen atoms in total. The molecule has 0 spiro atoms. The highest BCUT2D eigenvalue weighted by atomic mass is 16.5. The number of likely N-dealkylation sites (tertiary alicyclic amines) is 1. The molecule has 2 aliphatic rings. The van der Waals surface area contributed by atoms with Crippen molar-refractivity contribution in [1.29, 1.82) is 0 Å². The number of ether oxygens (including phenoxy) is 1. The van der Waals surface area contributed by atoms with Gasteiger partial charge in [-0.25, -0.2) is 0 Å². The van der Waals surface area contributed by atoms with E-state index in [1.165, 1.54) is 31.2 Å². The Bertz CT molecular complexity index is 697. The molecular weight excluding hydrogens is 378 g/mol. The van der Waals surface area contributed by atoms with Crippen molar-refractivity contribution in [2.24, 2.45) is 4.99 Å². The molecular formula is C23H37N5O2. The van der Waals surface area contributed by atoms with Gasteiger partial charge in [0.25, 0.3) is 0 Å². The third-order valence-electron chi connectivity index (χ3n) is 6.11. The van der Waals surface area contributed by atoms with Crippen LogP contribution in [-0.2, 0) is 4.79 Å². The van der Waals surface area contributed by atoms with Crippen LogP contribution in [-0.4, -0.2) is 63.1 Å². The molecule has 1 amide bonds. The molecule has 166 valence electrons. The van der Waals surface area contributed by atoms with Gasteiger partial charge in [0.15, 0.2) is 5.96 Å². The van der Waals surface area contributed by atoms with Gasteiger partial charge < -0.3 is 20.7 Å². The predicted molar refractivity (Wildman–Crippen MR) is 121 cm³/mol. The van der Waals surface area contributed by atoms with Crippen molar-refractivity contribution >= 4 is 11.9 Å². The third kappa shape index (κ3) is 6.62. The van der Waals surface area contributed by atoms with Gasteiger partial charge >= 0.3 is 0 Å². The third-order valence-corrected chi connectivity index (χ3v) is 6.11. The van der Waals surface area contributed by atoms with Crippen LogP contribution in [0.5, 0.6) is 5.75 Å². The normalized spacial score (nSPS) is 18.9. The second-order valence-corrected chi connectivity index (χ2v) is 8.21. The average molecular weight is 416 g/mol. The van der Waals surface area contributed by atoms with E-state index in [4.69, 9.17) is 4.74 Å². The molecule has 1 aliphatic heterocycles. The molecule has 1 unspecified atom stereocenters. The van der Waals surface area contributed by atoms with E-state index in [0.717, 1.165) is 44.2 Å². The fraction of sp³-hybridized carbons (Fsp3) is 0.652. The molecule has 1 atom stereocenters. The highest BCUT2D eigenvalue weighted by Gasteiger charge is 2.24. The second-order valence-electron chi connectivity index (χ2n) is 8.21. The van der Waals surface area contributed by atoms with E-state index in [-0.39, 0.29) is 11.9 Å². The number of hydrogen-bond acceptors (Lipinski definition) is 4. The Morgan fingerprint density at radius 3 is 2.67 bits per heavy atom. The Hall–Kier alpha value is -2.28. The minimum atomic E-state index is 0.121. The monoisotopic (exact) mass is 415 g/mol. The Morgan fingerprint density at radius 2 is 1.97 bits per heavy atom. The van der Waals surface area contributed by atoms with Crippen molar-refractivity contribution in [3.8, 4) is 5.75 Å². The zero-order chi connectivity index (χ0) is 21.2. The Kier molecular flexibility index (Phi) is 8.81. The number of hydrogen-bond donors (Lipinski definition) is 3. The summed E-state index contributed by atoms with van der Waals surface area (Å²) in [6.45, 7) is 3.54. The Morgan fingerprint density at radius 1 is 1.20 bits per heavy atom. The first-order valence-corrected chi connectivity index (χ1v) is 11.3. The minimum absolute atomic E-state index is 0.121. The first-order valence-electron chi connectivity index (χ1n) is 11.3. The molecule has 1 aliphatic carbocycles. The fourth-order valence-electron chi connectivity index (χ4n) is 4.44. The molecule has 1 saturated carbocycles. The predicted octanol–water partition coefficient (Wildman–Crippen LogP) is 2.45. The van der Waals surface area contributed by atoms with Crippen LogP contribution in [0.15, 0.2) is 29.3 Å². The van der Waals surface area contributed by atoms with Crippen LogP contribution in [0.4, 0.5) is 0 Å². The van der Waals surface area contributed by atoms with E-state index in [0.29, 0.717) is 19.0 Å². The van der Waals surface area contributed by atoms with E-state index < -0.39 is 0 Å². The topological polar surface area (TPSA) is 78.0 Å². The SMILES string of the molecule is CN=C(NCCC(=O)NC1CCCC1)NCC(c1cccc(OC)c1)N1CCCC1. The number of methoxy groups -OCH3 is 1. The molecule has 3 rings (SSSR count). The van der Waals surface area contributed by atoms with Crippen LogP contribution in [0, 0.1) is 0 Å². The van der Waals surface area contributed by atoms with Gasteiger partial charge in [-0.05, 0) is 56.5 Å². The van der Waals surface area contributed by atoms with Crippen molar-refractivity contribution in [3.05, 3.63) is 29.8 Å². The molecule has 2 fully saturated rings. The molecule has 0 radical (unpaired) electrons. The van der Waals surface area contributed by atoms with E-state index >= 15 is 0 Å². The van der Waals surface area contributed by atoms with Crippen molar-refractivity contribution in [3.63, 3.8) is 0 Å². The van der Waals surface area contributed by atoms with Gasteiger partial charge in [-0.1, -0.05) is 25.0 Å². The molecule has 1 heterocycles. The van der Waals surface area contributed by atoms with Crippen LogP contribution >= 0.6 is 0 Å². The summed E-state index contributed by atoms with van der Waals surface area (Å²) in [6, 6.07) is 8.94. The van der Waals surface area contributed by atoms with Crippen molar-refractivity contribution in [1.82, 2.24) is 20.9 Å². The van der Waals surface area contributed by atoms with Gasteiger partial charge in [0.05, 0.1) is 13.2 Å². The number of nitrogens with zero attached hydrogens (tertiary/aromatic N) is 2. The molecule has 0 aromatic heterocycles. The summed E-state index contributed by atoms with van der Waals surface area (Å²) < 4.78 is 5.42. The summed E-state index contributed by atoms with van der Waals surface area (Å²) in [7, 11) is 3.47. The van der Waals surface area contributed by atoms with E-state index in [9.17, 15) is 4.79 Å². The zero-order valence-corrected chi connectivity index (χ0v) is 18.5. The quantitative estimate of drug-likeness (QED) is 0.427. The van der Waals surface area contributed by atoms with Crippen LogP contribution in [0.1, 0.15) is 56.6 Å². The number of carbonyl (C=O) groups is 1. The number of guanidine groups is 1. The molecule has 1 aromatic carbocycles. The first-order chi connectivity index (χ1) is 14.7. The first kappa shape index (κ1) is 22.4. The molecule has 1 saturated heterocycles. The largest absolute Gasteiger partial charge is 0.497 e. The summed E-state index contributed by atoms with van der Waals surface area (Å²) in [5.74, 6) is 1.74. The lowest BCUT2D eigenvalue weighted by Crippen LogP contribution is -2.44. The maximum Gasteiger partial charge on any atom is 0.221 e. The van der Waals surface area contributed by atoms with Crippen LogP contribution in [0.3, 0.4) is 0 Å². The number of benzene rings is 1. The smallest absolute Gasteiger partial charge is 0.221 e. The summed E-state index contributed by atoms with van der Waals surface area (Å²) in [5.41, 5.74) is 1.25. The number of rotatable bonds is 9. The van der Waals surface area contributed by atoms with Crippen molar-refractivity contribution in [2.75, 3.05) is 40.3 Å². The maximum atomic E-state index is 12.1. The lowest BCUT2D eigenvalue weighted by atomic mass is 10.1. The van der Waals surface area contributed by atoms with Crippen LogP contribution < -0.4 is 20.7 Å². The Balaban J connectivity index is 1.49. The molecule has 3 N–H and O–H groups in total. The second kappa shape index (κ2) is 11.8. The average Bonchev–Trinajstić information content (AvgIpc) is 3.47. The van der Waals surface area contributed by atoms with Gasteiger partial charge in [0.1, 0.15) is 5.75 Å². The zero-order valence-electron chi connectivity index (χ0n) is 18.5. The van der Waals surface area contributed by atoms with Crippen LogP contribution in [0.25, 0.3) is 0 Å². The maximum absolute atomic E-state index is 12.1. The standard InChI is InChI=1S/C23H37N5O2/c1-24-23(25-13-12-22(29)27-19-9-3-4-10-19)26-17-21(28-14-5-6-15-28)18-8-7-11-20(16-18)30-2/h7-8,11,16,19,21H,3-6,9-10,12-15,17H2,1-2H3,(H,27,29)(H2,24,25,26). The van der Waals surface area contributed by atoms with Crippen LogP contribution in [0.2, 0.25) is 0 Å². The van der Waals surface area contributed by atoms with Gasteiger partial charge in [0, 0.05) is 32.6 Å². The fourth-order valence-corrected chi connectivity index (χ4v) is 4.44. The molecule has 1 aromatic rings. The molecule has 0 bridgehead atoms. The van der Waals surface area contributed by atoms with Gasteiger partial charge in [-0.3, -0.25) is 14.7 Å². The number of nitrogens with one attached hydrogen (secondary N) is 3. The van der Waals surface area contributed by atoms with E-state index in [1.54, 1.807) is 14.2 Å². The van der Waals surface area contributed by atoms with Gasteiger partial charge in [0.2, 0.25) is 5.91 Å². The van der Waals surface area contributed by atoms with Crippen molar-refractivity contribution in [2.45, 2.75) is 57.0 Å². The van der Waals surface area contributed by atoms with Gasteiger partial charge in [-0.15, -0.1) is 0 Å². The van der Waals surface area contributed by atoms with E-state index in [2.05, 4.69) is 38.0 Å². The number of amides is 1. The Labute approximate surface area is 180 Å². The highest BCUT2D eigenvalue weighted by Crippen LogP contribution is 2.27. The highest BCUT2D eigenvalue weighted by molar-refractivity contribution is 5.81. The molecule has 30 heavy (non-hydrogen) atoms. The lowest BCUT2D eigenvalue weighted by Gasteiger charge is -2.29. The summed E-state index contributed by atoms with van der Waals surface area (Å²) in [5, 5.41) is 9.87. The van der Waals surface area contributed by atoms with Gasteiger partial charge in [-0.2, -0.15) is 0 Å². The van der Waals surface area contributed by atoms with E-state index in [1.807, 2.05) is 12.1 Å². The summed E-state index contributed by atoms with van der Waals surface area (Å²) in [4.78, 5) is 19.0. The number of aliphatic imine (C=N–C) groups is 1. The minimum Gasteiger partial charge on any atom is -0.497 e. The lowest BCUT2D eigenvalue weighted by molar-refractivity contribution is -0.121. The number of carbonyl (C=O) groups excluding carboxylic acids is 1. The summed E-state index contributed by atoms with van der Waals surface area (Å²) in [6.07, 6.45) is 7.63. The summed E-state index contributed by atoms with van der Waals surface area (Å²) >= 11 is 0.